The number of nitrogens with one attached hydrogen (secondary N) is 2. The van der Waals surface area contributed by atoms with Crippen molar-refractivity contribution in [2.24, 2.45) is 0 Å². The van der Waals surface area contributed by atoms with Gasteiger partial charge in [-0.1, -0.05) is 54.1 Å². The van der Waals surface area contributed by atoms with Crippen molar-refractivity contribution >= 4 is 23.3 Å². The molecule has 4 rings (SSSR count). The van der Waals surface area contributed by atoms with Crippen LogP contribution in [0.5, 0.6) is 0 Å². The molecule has 27 heavy (non-hydrogen) atoms. The van der Waals surface area contributed by atoms with Gasteiger partial charge in [0.15, 0.2) is 5.82 Å². The summed E-state index contributed by atoms with van der Waals surface area (Å²) in [4.78, 5) is 14.7. The highest BCUT2D eigenvalue weighted by molar-refractivity contribution is 6.33. The summed E-state index contributed by atoms with van der Waals surface area (Å²) in [7, 11) is 0. The average Bonchev–Trinajstić information content (AvgIpc) is 3.19. The molecule has 0 spiro atoms. The number of benzene rings is 2. The summed E-state index contributed by atoms with van der Waals surface area (Å²) in [6, 6.07) is 19.4. The van der Waals surface area contributed by atoms with Crippen molar-refractivity contribution in [3.8, 4) is 11.3 Å². The van der Waals surface area contributed by atoms with Gasteiger partial charge in [-0.3, -0.25) is 9.89 Å². The summed E-state index contributed by atoms with van der Waals surface area (Å²) >= 11 is 6.14. The zero-order valence-electron chi connectivity index (χ0n) is 14.9. The Labute approximate surface area is 163 Å². The number of carbonyl (C=O) groups excluding carboxylic acids is 1. The van der Waals surface area contributed by atoms with E-state index in [1.54, 1.807) is 12.1 Å². The first-order valence-corrected chi connectivity index (χ1v) is 9.49. The summed E-state index contributed by atoms with van der Waals surface area (Å²) in [5.41, 5.74) is 2.62. The number of amides is 1. The molecule has 3 aromatic rings. The van der Waals surface area contributed by atoms with Gasteiger partial charge >= 0.3 is 0 Å². The van der Waals surface area contributed by atoms with Gasteiger partial charge in [0, 0.05) is 25.2 Å². The second-order valence-corrected chi connectivity index (χ2v) is 7.15. The van der Waals surface area contributed by atoms with E-state index in [1.165, 1.54) is 0 Å². The molecule has 1 aliphatic heterocycles. The molecule has 0 unspecified atom stereocenters. The van der Waals surface area contributed by atoms with E-state index in [9.17, 15) is 4.79 Å². The highest BCUT2D eigenvalue weighted by Gasteiger charge is 2.24. The molecule has 2 aromatic carbocycles. The first-order chi connectivity index (χ1) is 13.2. The third-order valence-electron chi connectivity index (χ3n) is 4.85. The highest BCUT2D eigenvalue weighted by Crippen LogP contribution is 2.24. The van der Waals surface area contributed by atoms with E-state index < -0.39 is 0 Å². The van der Waals surface area contributed by atoms with Gasteiger partial charge in [-0.2, -0.15) is 5.10 Å². The van der Waals surface area contributed by atoms with Crippen LogP contribution >= 0.6 is 11.6 Å². The Hall–Kier alpha value is -2.79. The van der Waals surface area contributed by atoms with Crippen LogP contribution in [-0.4, -0.2) is 35.2 Å². The van der Waals surface area contributed by atoms with Crippen LogP contribution in [0.1, 0.15) is 23.2 Å². The van der Waals surface area contributed by atoms with Gasteiger partial charge in [0.05, 0.1) is 16.3 Å². The van der Waals surface area contributed by atoms with Gasteiger partial charge in [-0.15, -0.1) is 0 Å². The third-order valence-corrected chi connectivity index (χ3v) is 5.18. The third kappa shape index (κ3) is 3.98. The predicted octanol–water partition coefficient (Wildman–Crippen LogP) is 4.13. The fraction of sp³-hybridized carbons (Fsp3) is 0.238. The zero-order valence-corrected chi connectivity index (χ0v) is 15.6. The van der Waals surface area contributed by atoms with E-state index in [4.69, 9.17) is 11.6 Å². The molecule has 6 heteroatoms. The van der Waals surface area contributed by atoms with E-state index in [1.807, 2.05) is 30.3 Å². The number of anilines is 1. The number of H-pyrrole nitrogens is 1. The number of hydrogen-bond donors (Lipinski definition) is 2. The highest BCUT2D eigenvalue weighted by atomic mass is 35.5. The van der Waals surface area contributed by atoms with Crippen LogP contribution in [0.4, 0.5) is 5.82 Å². The first-order valence-electron chi connectivity index (χ1n) is 9.12. The van der Waals surface area contributed by atoms with Crippen LogP contribution in [-0.2, 0) is 0 Å². The molecule has 1 fully saturated rings. The molecular formula is C21H21ClN4O. The molecule has 0 bridgehead atoms. The van der Waals surface area contributed by atoms with Gasteiger partial charge in [-0.05, 0) is 30.5 Å². The fourth-order valence-corrected chi connectivity index (χ4v) is 3.67. The normalized spacial score (nSPS) is 16.9. The monoisotopic (exact) mass is 380 g/mol. The number of aromatic amines is 1. The van der Waals surface area contributed by atoms with Gasteiger partial charge in [0.2, 0.25) is 0 Å². The van der Waals surface area contributed by atoms with E-state index in [-0.39, 0.29) is 11.9 Å². The van der Waals surface area contributed by atoms with Crippen molar-refractivity contribution in [2.45, 2.75) is 18.9 Å². The van der Waals surface area contributed by atoms with E-state index in [0.717, 1.165) is 43.0 Å². The zero-order chi connectivity index (χ0) is 18.6. The SMILES string of the molecule is O=C(N[C@H]1CCCN(c2cc(-c3ccccc3)[nH]n2)C1)c1ccccc1Cl. The quantitative estimate of drug-likeness (QED) is 0.715. The Morgan fingerprint density at radius 2 is 1.93 bits per heavy atom. The fourth-order valence-electron chi connectivity index (χ4n) is 3.45. The molecule has 1 atom stereocenters. The molecule has 138 valence electrons. The minimum absolute atomic E-state index is 0.0689. The summed E-state index contributed by atoms with van der Waals surface area (Å²) < 4.78 is 0. The number of aromatic nitrogens is 2. The van der Waals surface area contributed by atoms with Gasteiger partial charge in [0.1, 0.15) is 0 Å². The summed E-state index contributed by atoms with van der Waals surface area (Å²) in [6.07, 6.45) is 1.95. The van der Waals surface area contributed by atoms with Gasteiger partial charge in [0.25, 0.3) is 5.91 Å². The van der Waals surface area contributed by atoms with Crippen LogP contribution in [0.3, 0.4) is 0 Å². The number of hydrogen-bond acceptors (Lipinski definition) is 3. The Kier molecular flexibility index (Phi) is 5.12. The molecule has 0 saturated carbocycles. The molecule has 1 amide bonds. The lowest BCUT2D eigenvalue weighted by Crippen LogP contribution is -2.48. The molecule has 2 N–H and O–H groups in total. The van der Waals surface area contributed by atoms with Crippen LogP contribution in [0.25, 0.3) is 11.3 Å². The van der Waals surface area contributed by atoms with Gasteiger partial charge < -0.3 is 10.2 Å². The lowest BCUT2D eigenvalue weighted by atomic mass is 10.0. The summed E-state index contributed by atoms with van der Waals surface area (Å²) in [5, 5.41) is 11.2. The maximum Gasteiger partial charge on any atom is 0.253 e. The molecule has 2 heterocycles. The Bertz CT molecular complexity index is 925. The Balaban J connectivity index is 1.43. The van der Waals surface area contributed by atoms with E-state index in [2.05, 4.69) is 38.6 Å². The predicted molar refractivity (Wildman–Crippen MR) is 108 cm³/mol. The second kappa shape index (κ2) is 7.84. The van der Waals surface area contributed by atoms with E-state index in [0.29, 0.717) is 10.6 Å². The van der Waals surface area contributed by atoms with Crippen LogP contribution in [0.15, 0.2) is 60.7 Å². The minimum Gasteiger partial charge on any atom is -0.353 e. The average molecular weight is 381 g/mol. The number of nitrogens with zero attached hydrogens (tertiary/aromatic N) is 2. The molecular weight excluding hydrogens is 360 g/mol. The first kappa shape index (κ1) is 17.6. The van der Waals surface area contributed by atoms with Crippen molar-refractivity contribution in [1.82, 2.24) is 15.5 Å². The smallest absolute Gasteiger partial charge is 0.253 e. The van der Waals surface area contributed by atoms with Gasteiger partial charge in [-0.25, -0.2) is 0 Å². The van der Waals surface area contributed by atoms with Crippen molar-refractivity contribution in [1.29, 1.82) is 0 Å². The van der Waals surface area contributed by atoms with Crippen LogP contribution < -0.4 is 10.2 Å². The van der Waals surface area contributed by atoms with Crippen molar-refractivity contribution in [3.63, 3.8) is 0 Å². The standard InChI is InChI=1S/C21H21ClN4O/c22-18-11-5-4-10-17(18)21(27)23-16-9-6-12-26(14-16)20-13-19(24-25-20)15-7-2-1-3-8-15/h1-5,7-8,10-11,13,16H,6,9,12,14H2,(H,23,27)(H,24,25)/t16-/m0/s1. The lowest BCUT2D eigenvalue weighted by Gasteiger charge is -2.33. The molecule has 1 aromatic heterocycles. The maximum atomic E-state index is 12.5. The van der Waals surface area contributed by atoms with Crippen molar-refractivity contribution < 1.29 is 4.79 Å². The molecule has 5 nitrogen and oxygen atoms in total. The Morgan fingerprint density at radius 1 is 1.15 bits per heavy atom. The molecule has 0 radical (unpaired) electrons. The largest absolute Gasteiger partial charge is 0.353 e. The number of piperidine rings is 1. The van der Waals surface area contributed by atoms with E-state index >= 15 is 0 Å². The number of rotatable bonds is 4. The minimum atomic E-state index is -0.126. The second-order valence-electron chi connectivity index (χ2n) is 6.74. The molecule has 0 aliphatic carbocycles. The molecule has 1 aliphatic rings. The number of halogens is 1. The van der Waals surface area contributed by atoms with Crippen LogP contribution in [0, 0.1) is 0 Å². The maximum absolute atomic E-state index is 12.5. The Morgan fingerprint density at radius 3 is 2.74 bits per heavy atom. The van der Waals surface area contributed by atoms with Crippen molar-refractivity contribution in [3.05, 3.63) is 71.2 Å². The van der Waals surface area contributed by atoms with Crippen LogP contribution in [0.2, 0.25) is 5.02 Å². The van der Waals surface area contributed by atoms with Crippen molar-refractivity contribution in [2.75, 3.05) is 18.0 Å². The summed E-state index contributed by atoms with van der Waals surface area (Å²) in [6.45, 7) is 1.66. The number of carbonyl (C=O) groups is 1. The lowest BCUT2D eigenvalue weighted by molar-refractivity contribution is 0.0933. The summed E-state index contributed by atoms with van der Waals surface area (Å²) in [5.74, 6) is 0.782. The molecule has 1 saturated heterocycles. The topological polar surface area (TPSA) is 61.0 Å².